The molecule has 0 aromatic heterocycles. The molecular formula is C14H14Cl2N2. The van der Waals surface area contributed by atoms with Crippen molar-refractivity contribution in [2.24, 2.45) is 0 Å². The maximum Gasteiger partial charge on any atom is 0.0764 e. The lowest BCUT2D eigenvalue weighted by Gasteiger charge is -2.14. The highest BCUT2D eigenvalue weighted by atomic mass is 35.5. The Hall–Kier alpha value is -1.38. The van der Waals surface area contributed by atoms with E-state index in [9.17, 15) is 0 Å². The van der Waals surface area contributed by atoms with E-state index in [2.05, 4.69) is 18.3 Å². The molecule has 2 nitrogen and oxygen atoms in total. The first-order chi connectivity index (χ1) is 8.61. The molecule has 2 rings (SSSR count). The van der Waals surface area contributed by atoms with Crippen LogP contribution in [0.5, 0.6) is 0 Å². The summed E-state index contributed by atoms with van der Waals surface area (Å²) in [6.45, 7) is 2.10. The molecule has 3 N–H and O–H groups in total. The van der Waals surface area contributed by atoms with E-state index in [0.29, 0.717) is 21.4 Å². The van der Waals surface area contributed by atoms with Gasteiger partial charge in [-0.3, -0.25) is 0 Å². The minimum absolute atomic E-state index is 0.519. The molecule has 0 aliphatic heterocycles. The van der Waals surface area contributed by atoms with Crippen molar-refractivity contribution in [2.75, 3.05) is 11.1 Å². The minimum atomic E-state index is 0.519. The van der Waals surface area contributed by atoms with Crippen molar-refractivity contribution in [1.82, 2.24) is 0 Å². The summed E-state index contributed by atoms with van der Waals surface area (Å²) in [7, 11) is 0. The summed E-state index contributed by atoms with van der Waals surface area (Å²) in [5, 5.41) is 4.31. The molecule has 2 aromatic carbocycles. The van der Waals surface area contributed by atoms with Crippen LogP contribution in [0, 0.1) is 0 Å². The largest absolute Gasteiger partial charge is 0.399 e. The Morgan fingerprint density at radius 1 is 1.11 bits per heavy atom. The lowest BCUT2D eigenvalue weighted by Crippen LogP contribution is -1.97. The Balaban J connectivity index is 2.40. The molecule has 18 heavy (non-hydrogen) atoms. The van der Waals surface area contributed by atoms with Gasteiger partial charge >= 0.3 is 0 Å². The van der Waals surface area contributed by atoms with E-state index >= 15 is 0 Å². The van der Waals surface area contributed by atoms with Crippen molar-refractivity contribution < 1.29 is 0 Å². The number of nitrogens with two attached hydrogens (primary N) is 1. The van der Waals surface area contributed by atoms with E-state index in [1.54, 1.807) is 12.1 Å². The molecule has 0 unspecified atom stereocenters. The molecule has 0 aliphatic rings. The molecule has 4 heteroatoms. The molecule has 94 valence electrons. The van der Waals surface area contributed by atoms with Crippen LogP contribution in [0.4, 0.5) is 17.1 Å². The Bertz CT molecular complexity index is 544. The molecule has 0 saturated heterocycles. The zero-order valence-corrected chi connectivity index (χ0v) is 11.5. The molecule has 0 bridgehead atoms. The lowest BCUT2D eigenvalue weighted by molar-refractivity contribution is 1.14. The van der Waals surface area contributed by atoms with Crippen LogP contribution >= 0.6 is 23.2 Å². The predicted molar refractivity (Wildman–Crippen MR) is 80.0 cm³/mol. The van der Waals surface area contributed by atoms with Gasteiger partial charge in [-0.05, 0) is 30.2 Å². The Morgan fingerprint density at radius 3 is 2.33 bits per heavy atom. The van der Waals surface area contributed by atoms with Gasteiger partial charge in [0.2, 0.25) is 0 Å². The van der Waals surface area contributed by atoms with Gasteiger partial charge in [-0.25, -0.2) is 0 Å². The Kier molecular flexibility index (Phi) is 4.00. The summed E-state index contributed by atoms with van der Waals surface area (Å²) in [6.07, 6.45) is 0.938. The van der Waals surface area contributed by atoms with Crippen molar-refractivity contribution in [3.05, 3.63) is 52.0 Å². The number of anilines is 3. The monoisotopic (exact) mass is 280 g/mol. The molecule has 0 amide bonds. The first-order valence-electron chi connectivity index (χ1n) is 5.71. The quantitative estimate of drug-likeness (QED) is 0.787. The van der Waals surface area contributed by atoms with Gasteiger partial charge in [0.1, 0.15) is 0 Å². The van der Waals surface area contributed by atoms with E-state index in [-0.39, 0.29) is 0 Å². The normalized spacial score (nSPS) is 10.4. The van der Waals surface area contributed by atoms with Crippen molar-refractivity contribution in [3.8, 4) is 0 Å². The third-order valence-electron chi connectivity index (χ3n) is 2.72. The van der Waals surface area contributed by atoms with E-state index in [0.717, 1.165) is 12.1 Å². The fourth-order valence-electron chi connectivity index (χ4n) is 1.80. The van der Waals surface area contributed by atoms with Crippen LogP contribution in [0.15, 0.2) is 36.4 Å². The van der Waals surface area contributed by atoms with Gasteiger partial charge in [0.15, 0.2) is 0 Å². The first-order valence-corrected chi connectivity index (χ1v) is 6.47. The summed E-state index contributed by atoms with van der Waals surface area (Å²) in [6, 6.07) is 11.4. The van der Waals surface area contributed by atoms with Crippen LogP contribution in [0.3, 0.4) is 0 Å². The molecule has 0 radical (unpaired) electrons. The summed E-state index contributed by atoms with van der Waals surface area (Å²) in [5.74, 6) is 0. The number of rotatable bonds is 3. The average molecular weight is 281 g/mol. The van der Waals surface area contributed by atoms with Crippen LogP contribution < -0.4 is 11.1 Å². The Morgan fingerprint density at radius 2 is 1.72 bits per heavy atom. The fraction of sp³-hybridized carbons (Fsp3) is 0.143. The number of para-hydroxylation sites is 1. The summed E-state index contributed by atoms with van der Waals surface area (Å²) >= 11 is 12.3. The van der Waals surface area contributed by atoms with Gasteiger partial charge < -0.3 is 11.1 Å². The smallest absolute Gasteiger partial charge is 0.0764 e. The average Bonchev–Trinajstić information content (AvgIpc) is 2.34. The standard InChI is InChI=1S/C14H14Cl2N2/c1-2-9-5-3-4-6-13(9)18-14-11(15)7-10(17)8-12(14)16/h3-8,18H,2,17H2,1H3. The van der Waals surface area contributed by atoms with Gasteiger partial charge in [0, 0.05) is 11.4 Å². The first kappa shape index (κ1) is 13.1. The number of benzene rings is 2. The number of hydrogen-bond acceptors (Lipinski definition) is 2. The molecule has 0 aliphatic carbocycles. The number of nitrogen functional groups attached to an aromatic ring is 1. The predicted octanol–water partition coefficient (Wildman–Crippen LogP) is 4.88. The SMILES string of the molecule is CCc1ccccc1Nc1c(Cl)cc(N)cc1Cl. The van der Waals surface area contributed by atoms with Crippen LogP contribution in [0.1, 0.15) is 12.5 Å². The molecule has 0 atom stereocenters. The summed E-state index contributed by atoms with van der Waals surface area (Å²) < 4.78 is 0. The highest BCUT2D eigenvalue weighted by Crippen LogP contribution is 2.35. The third-order valence-corrected chi connectivity index (χ3v) is 3.32. The molecule has 0 heterocycles. The number of nitrogens with one attached hydrogen (secondary N) is 1. The number of hydrogen-bond donors (Lipinski definition) is 2. The second kappa shape index (κ2) is 5.51. The highest BCUT2D eigenvalue weighted by molar-refractivity contribution is 6.39. The van der Waals surface area contributed by atoms with Gasteiger partial charge in [0.25, 0.3) is 0 Å². The van der Waals surface area contributed by atoms with Crippen LogP contribution in [0.25, 0.3) is 0 Å². The van der Waals surface area contributed by atoms with Gasteiger partial charge in [-0.15, -0.1) is 0 Å². The van der Waals surface area contributed by atoms with Gasteiger partial charge in [0.05, 0.1) is 15.7 Å². The van der Waals surface area contributed by atoms with Crippen LogP contribution in [-0.2, 0) is 6.42 Å². The molecule has 2 aromatic rings. The van der Waals surface area contributed by atoms with Gasteiger partial charge in [-0.1, -0.05) is 48.3 Å². The van der Waals surface area contributed by atoms with E-state index in [1.807, 2.05) is 18.2 Å². The topological polar surface area (TPSA) is 38.0 Å². The highest BCUT2D eigenvalue weighted by Gasteiger charge is 2.09. The maximum absolute atomic E-state index is 6.15. The summed E-state index contributed by atoms with van der Waals surface area (Å²) in [4.78, 5) is 0. The lowest BCUT2D eigenvalue weighted by atomic mass is 10.1. The van der Waals surface area contributed by atoms with E-state index < -0.39 is 0 Å². The second-order valence-electron chi connectivity index (χ2n) is 4.00. The van der Waals surface area contributed by atoms with Crippen LogP contribution in [-0.4, -0.2) is 0 Å². The third kappa shape index (κ3) is 2.71. The molecule has 0 fully saturated rings. The van der Waals surface area contributed by atoms with Crippen molar-refractivity contribution in [2.45, 2.75) is 13.3 Å². The molecule has 0 spiro atoms. The Labute approximate surface area is 117 Å². The fourth-order valence-corrected chi connectivity index (χ4v) is 2.40. The van der Waals surface area contributed by atoms with Crippen LogP contribution in [0.2, 0.25) is 10.0 Å². The maximum atomic E-state index is 6.15. The number of halogens is 2. The molecular weight excluding hydrogens is 267 g/mol. The number of aryl methyl sites for hydroxylation is 1. The minimum Gasteiger partial charge on any atom is -0.399 e. The zero-order chi connectivity index (χ0) is 13.1. The zero-order valence-electron chi connectivity index (χ0n) is 10.0. The van der Waals surface area contributed by atoms with E-state index in [4.69, 9.17) is 28.9 Å². The molecule has 0 saturated carbocycles. The van der Waals surface area contributed by atoms with Gasteiger partial charge in [-0.2, -0.15) is 0 Å². The van der Waals surface area contributed by atoms with Crippen molar-refractivity contribution >= 4 is 40.3 Å². The summed E-state index contributed by atoms with van der Waals surface area (Å²) in [5.41, 5.74) is 9.14. The van der Waals surface area contributed by atoms with Crippen molar-refractivity contribution in [3.63, 3.8) is 0 Å². The second-order valence-corrected chi connectivity index (χ2v) is 4.81. The van der Waals surface area contributed by atoms with E-state index in [1.165, 1.54) is 5.56 Å². The van der Waals surface area contributed by atoms with Crippen molar-refractivity contribution in [1.29, 1.82) is 0 Å².